The summed E-state index contributed by atoms with van der Waals surface area (Å²) in [7, 11) is 0. The number of hydrogen-bond acceptors (Lipinski definition) is 5. The number of rotatable bonds is 8. The Hall–Kier alpha value is -4.47. The summed E-state index contributed by atoms with van der Waals surface area (Å²) in [5, 5.41) is 15.4. The van der Waals surface area contributed by atoms with E-state index in [9.17, 15) is 29.1 Å². The summed E-state index contributed by atoms with van der Waals surface area (Å²) < 4.78 is 0. The van der Waals surface area contributed by atoms with Crippen molar-refractivity contribution in [2.75, 3.05) is 0 Å². The van der Waals surface area contributed by atoms with Gasteiger partial charge in [-0.3, -0.25) is 24.0 Å². The number of ketones is 1. The zero-order valence-electron chi connectivity index (χ0n) is 18.6. The van der Waals surface area contributed by atoms with E-state index in [0.29, 0.717) is 5.56 Å². The molecule has 0 unspecified atom stereocenters. The fourth-order valence-corrected chi connectivity index (χ4v) is 4.32. The summed E-state index contributed by atoms with van der Waals surface area (Å²) in [5.74, 6) is -5.67. The van der Waals surface area contributed by atoms with Crippen LogP contribution in [0.3, 0.4) is 0 Å². The van der Waals surface area contributed by atoms with Crippen LogP contribution in [0, 0.1) is 5.41 Å². The molecule has 1 saturated heterocycles. The number of Topliss-reactive ketones (excluding diaryl/α,β-unsaturated/α-hetero) is 1. The highest BCUT2D eigenvalue weighted by atomic mass is 16.4. The van der Waals surface area contributed by atoms with Gasteiger partial charge < -0.3 is 26.5 Å². The highest BCUT2D eigenvalue weighted by Crippen LogP contribution is 2.31. The van der Waals surface area contributed by atoms with E-state index < -0.39 is 53.4 Å². The SMILES string of the molecule is NC(=O)[C@H](Cc1ccccc1)NC(=O)[C@]1(C(=O)O)CC(=O)[C@H](Cc2c[nH]c3ccccc23)NC1=O. The number of H-pyrrole nitrogens is 1. The van der Waals surface area contributed by atoms with Crippen molar-refractivity contribution in [1.29, 1.82) is 0 Å². The van der Waals surface area contributed by atoms with E-state index >= 15 is 0 Å². The lowest BCUT2D eigenvalue weighted by atomic mass is 9.75. The van der Waals surface area contributed by atoms with Gasteiger partial charge in [0.25, 0.3) is 0 Å². The van der Waals surface area contributed by atoms with E-state index in [-0.39, 0.29) is 12.8 Å². The second-order valence-corrected chi connectivity index (χ2v) is 8.56. The zero-order chi connectivity index (χ0) is 25.2. The number of aromatic nitrogens is 1. The van der Waals surface area contributed by atoms with E-state index in [4.69, 9.17) is 5.73 Å². The number of carbonyl (C=O) groups is 5. The van der Waals surface area contributed by atoms with Gasteiger partial charge in [0.2, 0.25) is 23.1 Å². The van der Waals surface area contributed by atoms with E-state index in [0.717, 1.165) is 16.5 Å². The molecule has 3 amide bonds. The van der Waals surface area contributed by atoms with E-state index in [2.05, 4.69) is 15.6 Å². The Balaban J connectivity index is 1.54. The third-order valence-electron chi connectivity index (χ3n) is 6.30. The summed E-state index contributed by atoms with van der Waals surface area (Å²) in [6.07, 6.45) is 1.00. The van der Waals surface area contributed by atoms with Gasteiger partial charge in [0.1, 0.15) is 6.04 Å². The number of carbonyl (C=O) groups excluding carboxylic acids is 4. The number of carboxylic acid groups (broad SMARTS) is 1. The highest BCUT2D eigenvalue weighted by Gasteiger charge is 2.59. The van der Waals surface area contributed by atoms with Crippen LogP contribution < -0.4 is 16.4 Å². The van der Waals surface area contributed by atoms with Crippen molar-refractivity contribution in [3.63, 3.8) is 0 Å². The number of piperidine rings is 1. The second kappa shape index (κ2) is 9.41. The maximum absolute atomic E-state index is 13.1. The number of carboxylic acids is 1. The molecule has 1 aliphatic heterocycles. The molecule has 0 spiro atoms. The summed E-state index contributed by atoms with van der Waals surface area (Å²) in [4.78, 5) is 66.3. The monoisotopic (exact) mass is 476 g/mol. The van der Waals surface area contributed by atoms with Gasteiger partial charge in [-0.25, -0.2) is 0 Å². The number of fused-ring (bicyclic) bond motifs is 1. The fourth-order valence-electron chi connectivity index (χ4n) is 4.32. The Bertz CT molecular complexity index is 1320. The molecule has 10 heteroatoms. The van der Waals surface area contributed by atoms with Crippen LogP contribution in [0.25, 0.3) is 10.9 Å². The summed E-state index contributed by atoms with van der Waals surface area (Å²) in [5.41, 5.74) is 5.00. The maximum atomic E-state index is 13.1. The van der Waals surface area contributed by atoms with Crippen molar-refractivity contribution in [1.82, 2.24) is 15.6 Å². The minimum absolute atomic E-state index is 0.00360. The van der Waals surface area contributed by atoms with Gasteiger partial charge in [-0.05, 0) is 17.2 Å². The average Bonchev–Trinajstić information content (AvgIpc) is 3.24. The second-order valence-electron chi connectivity index (χ2n) is 8.56. The molecule has 1 aliphatic rings. The van der Waals surface area contributed by atoms with Crippen molar-refractivity contribution < 1.29 is 29.1 Å². The Morgan fingerprint density at radius 1 is 1.09 bits per heavy atom. The first-order chi connectivity index (χ1) is 16.7. The number of aromatic amines is 1. The number of amides is 3. The molecule has 0 radical (unpaired) electrons. The number of benzene rings is 2. The van der Waals surface area contributed by atoms with Crippen molar-refractivity contribution in [3.05, 3.63) is 71.9 Å². The summed E-state index contributed by atoms with van der Waals surface area (Å²) in [6.45, 7) is 0. The Morgan fingerprint density at radius 3 is 2.46 bits per heavy atom. The molecule has 1 fully saturated rings. The Morgan fingerprint density at radius 2 is 1.77 bits per heavy atom. The predicted octanol–water partition coefficient (Wildman–Crippen LogP) is 0.452. The molecule has 6 N–H and O–H groups in total. The van der Waals surface area contributed by atoms with Crippen LogP contribution in [0.4, 0.5) is 0 Å². The highest BCUT2D eigenvalue weighted by molar-refractivity contribution is 6.25. The Labute approximate surface area is 199 Å². The third kappa shape index (κ3) is 4.50. The summed E-state index contributed by atoms with van der Waals surface area (Å²) >= 11 is 0. The first-order valence-corrected chi connectivity index (χ1v) is 11.0. The standard InChI is InChI=1S/C25H24N4O6/c26-21(31)19(10-14-6-2-1-3-7-14)29-23(33)25(24(34)35)12-20(30)18(28-22(25)32)11-15-13-27-17-9-5-4-8-16(15)17/h1-9,13,18-19,27H,10-12H2,(H2,26,31)(H,28,32)(H,29,33)(H,34,35)/t18-,19-,25-/m0/s1. The van der Waals surface area contributed by atoms with Crippen molar-refractivity contribution in [2.45, 2.75) is 31.3 Å². The smallest absolute Gasteiger partial charge is 0.329 e. The Kier molecular flexibility index (Phi) is 6.37. The van der Waals surface area contributed by atoms with Gasteiger partial charge in [0, 0.05) is 36.4 Å². The minimum Gasteiger partial charge on any atom is -0.480 e. The van der Waals surface area contributed by atoms with Crippen molar-refractivity contribution >= 4 is 40.4 Å². The number of nitrogens with one attached hydrogen (secondary N) is 3. The fraction of sp³-hybridized carbons (Fsp3) is 0.240. The molecular weight excluding hydrogens is 452 g/mol. The number of nitrogens with two attached hydrogens (primary N) is 1. The van der Waals surface area contributed by atoms with Crippen LogP contribution in [0.5, 0.6) is 0 Å². The van der Waals surface area contributed by atoms with Crippen LogP contribution in [0.2, 0.25) is 0 Å². The largest absolute Gasteiger partial charge is 0.480 e. The topological polar surface area (TPSA) is 171 Å². The molecule has 3 aromatic rings. The number of para-hydroxylation sites is 1. The first kappa shape index (κ1) is 23.7. The number of aliphatic carboxylic acids is 1. The van der Waals surface area contributed by atoms with Gasteiger partial charge in [-0.15, -0.1) is 0 Å². The van der Waals surface area contributed by atoms with Crippen molar-refractivity contribution in [2.24, 2.45) is 11.1 Å². The average molecular weight is 476 g/mol. The zero-order valence-corrected chi connectivity index (χ0v) is 18.6. The van der Waals surface area contributed by atoms with Crippen LogP contribution in [0.15, 0.2) is 60.8 Å². The molecule has 0 aliphatic carbocycles. The molecular formula is C25H24N4O6. The minimum atomic E-state index is -2.71. The van der Waals surface area contributed by atoms with Gasteiger partial charge in [-0.1, -0.05) is 48.5 Å². The molecule has 35 heavy (non-hydrogen) atoms. The molecule has 3 atom stereocenters. The molecule has 4 rings (SSSR count). The van der Waals surface area contributed by atoms with Gasteiger partial charge in [0.15, 0.2) is 5.78 Å². The lowest BCUT2D eigenvalue weighted by Crippen LogP contribution is -2.66. The molecule has 2 aromatic carbocycles. The van der Waals surface area contributed by atoms with Crippen LogP contribution in [-0.2, 0) is 36.8 Å². The third-order valence-corrected chi connectivity index (χ3v) is 6.30. The van der Waals surface area contributed by atoms with E-state index in [1.54, 1.807) is 36.5 Å². The molecule has 0 bridgehead atoms. The molecule has 180 valence electrons. The van der Waals surface area contributed by atoms with Crippen LogP contribution >= 0.6 is 0 Å². The van der Waals surface area contributed by atoms with Gasteiger partial charge in [0.05, 0.1) is 6.04 Å². The molecule has 1 aromatic heterocycles. The molecule has 0 saturated carbocycles. The lowest BCUT2D eigenvalue weighted by molar-refractivity contribution is -0.167. The number of primary amides is 1. The first-order valence-electron chi connectivity index (χ1n) is 11.0. The number of hydrogen-bond donors (Lipinski definition) is 5. The van der Waals surface area contributed by atoms with Crippen LogP contribution in [-0.4, -0.2) is 51.6 Å². The molecule has 10 nitrogen and oxygen atoms in total. The van der Waals surface area contributed by atoms with Gasteiger partial charge >= 0.3 is 5.97 Å². The van der Waals surface area contributed by atoms with E-state index in [1.807, 2.05) is 24.3 Å². The van der Waals surface area contributed by atoms with Crippen LogP contribution in [0.1, 0.15) is 17.5 Å². The lowest BCUT2D eigenvalue weighted by Gasteiger charge is -2.35. The van der Waals surface area contributed by atoms with Gasteiger partial charge in [-0.2, -0.15) is 0 Å². The van der Waals surface area contributed by atoms with E-state index in [1.165, 1.54) is 0 Å². The normalized spacial score (nSPS) is 20.7. The maximum Gasteiger partial charge on any atom is 0.329 e. The predicted molar refractivity (Wildman–Crippen MR) is 125 cm³/mol. The summed E-state index contributed by atoms with van der Waals surface area (Å²) in [6, 6.07) is 13.8. The molecule has 2 heterocycles. The quantitative estimate of drug-likeness (QED) is 0.295. The van der Waals surface area contributed by atoms with Crippen molar-refractivity contribution in [3.8, 4) is 0 Å².